The number of aliphatic imine (C=N–C) groups is 1. The Balaban J connectivity index is 0.00000242. The maximum absolute atomic E-state index is 5.35. The van der Waals surface area contributed by atoms with E-state index in [1.54, 1.807) is 25.5 Å². The van der Waals surface area contributed by atoms with E-state index >= 15 is 0 Å². The molecular formula is C16H22IN3OS. The summed E-state index contributed by atoms with van der Waals surface area (Å²) in [6.07, 6.45) is 0.893. The monoisotopic (exact) mass is 431 g/mol. The van der Waals surface area contributed by atoms with Gasteiger partial charge >= 0.3 is 0 Å². The molecule has 0 aliphatic rings. The van der Waals surface area contributed by atoms with E-state index < -0.39 is 0 Å². The SMILES string of the molecule is CN=C(NCCc1ccccc1OC)NCc1cccs1.I. The molecule has 2 aromatic rings. The van der Waals surface area contributed by atoms with Gasteiger partial charge in [0.2, 0.25) is 0 Å². The summed E-state index contributed by atoms with van der Waals surface area (Å²) in [6, 6.07) is 12.2. The van der Waals surface area contributed by atoms with Crippen LogP contribution in [-0.2, 0) is 13.0 Å². The van der Waals surface area contributed by atoms with Gasteiger partial charge in [0.15, 0.2) is 5.96 Å². The summed E-state index contributed by atoms with van der Waals surface area (Å²) in [6.45, 7) is 1.61. The van der Waals surface area contributed by atoms with Gasteiger partial charge < -0.3 is 15.4 Å². The van der Waals surface area contributed by atoms with Crippen LogP contribution in [-0.4, -0.2) is 26.7 Å². The van der Waals surface area contributed by atoms with Gasteiger partial charge in [-0.05, 0) is 29.5 Å². The van der Waals surface area contributed by atoms with Crippen LogP contribution in [0.4, 0.5) is 0 Å². The molecule has 1 aromatic heterocycles. The van der Waals surface area contributed by atoms with E-state index in [1.807, 2.05) is 18.2 Å². The molecule has 0 aliphatic heterocycles. The van der Waals surface area contributed by atoms with Gasteiger partial charge in [0.25, 0.3) is 0 Å². The quantitative estimate of drug-likeness (QED) is 0.419. The van der Waals surface area contributed by atoms with Crippen LogP contribution in [0.1, 0.15) is 10.4 Å². The summed E-state index contributed by atoms with van der Waals surface area (Å²) in [5.74, 6) is 1.75. The Labute approximate surface area is 153 Å². The number of hydrogen-bond donors (Lipinski definition) is 2. The van der Waals surface area contributed by atoms with Crippen molar-refractivity contribution in [1.29, 1.82) is 0 Å². The molecule has 2 rings (SSSR count). The van der Waals surface area contributed by atoms with Crippen LogP contribution >= 0.6 is 35.3 Å². The first-order chi connectivity index (χ1) is 10.3. The van der Waals surface area contributed by atoms with Crippen molar-refractivity contribution in [3.63, 3.8) is 0 Å². The summed E-state index contributed by atoms with van der Waals surface area (Å²) < 4.78 is 5.35. The Kier molecular flexibility index (Phi) is 8.91. The molecule has 4 nitrogen and oxygen atoms in total. The third kappa shape index (κ3) is 5.84. The number of nitrogens with one attached hydrogen (secondary N) is 2. The molecule has 1 aromatic carbocycles. The third-order valence-electron chi connectivity index (χ3n) is 3.11. The van der Waals surface area contributed by atoms with E-state index in [0.717, 1.165) is 31.2 Å². The average molecular weight is 431 g/mol. The van der Waals surface area contributed by atoms with Gasteiger partial charge in [0.1, 0.15) is 5.75 Å². The number of guanidine groups is 1. The maximum atomic E-state index is 5.35. The lowest BCUT2D eigenvalue weighted by molar-refractivity contribution is 0.409. The lowest BCUT2D eigenvalue weighted by atomic mass is 10.1. The number of halogens is 1. The number of methoxy groups -OCH3 is 1. The number of hydrogen-bond acceptors (Lipinski definition) is 3. The largest absolute Gasteiger partial charge is 0.496 e. The van der Waals surface area contributed by atoms with Crippen LogP contribution in [0.2, 0.25) is 0 Å². The molecule has 2 N–H and O–H groups in total. The number of para-hydroxylation sites is 1. The molecule has 0 bridgehead atoms. The van der Waals surface area contributed by atoms with E-state index in [-0.39, 0.29) is 24.0 Å². The highest BCUT2D eigenvalue weighted by molar-refractivity contribution is 14.0. The van der Waals surface area contributed by atoms with Crippen LogP contribution in [0.3, 0.4) is 0 Å². The van der Waals surface area contributed by atoms with E-state index in [9.17, 15) is 0 Å². The first-order valence-electron chi connectivity index (χ1n) is 6.92. The van der Waals surface area contributed by atoms with Gasteiger partial charge in [-0.15, -0.1) is 35.3 Å². The molecule has 0 fully saturated rings. The lowest BCUT2D eigenvalue weighted by Gasteiger charge is -2.12. The first-order valence-corrected chi connectivity index (χ1v) is 7.80. The molecule has 0 atom stereocenters. The Morgan fingerprint density at radius 1 is 1.18 bits per heavy atom. The zero-order valence-electron chi connectivity index (χ0n) is 12.8. The van der Waals surface area contributed by atoms with Crippen molar-refractivity contribution in [2.24, 2.45) is 4.99 Å². The first kappa shape index (κ1) is 18.8. The van der Waals surface area contributed by atoms with Crippen molar-refractivity contribution in [2.45, 2.75) is 13.0 Å². The van der Waals surface area contributed by atoms with Gasteiger partial charge in [0, 0.05) is 18.5 Å². The minimum Gasteiger partial charge on any atom is -0.496 e. The summed E-state index contributed by atoms with van der Waals surface area (Å²) >= 11 is 1.74. The highest BCUT2D eigenvalue weighted by Gasteiger charge is 2.02. The summed E-state index contributed by atoms with van der Waals surface area (Å²) in [5, 5.41) is 8.70. The molecule has 1 heterocycles. The fourth-order valence-electron chi connectivity index (χ4n) is 2.03. The number of rotatable bonds is 6. The fraction of sp³-hybridized carbons (Fsp3) is 0.312. The molecule has 0 spiro atoms. The average Bonchev–Trinajstić information content (AvgIpc) is 3.04. The Morgan fingerprint density at radius 2 is 2.00 bits per heavy atom. The van der Waals surface area contributed by atoms with Crippen LogP contribution in [0.25, 0.3) is 0 Å². The van der Waals surface area contributed by atoms with Crippen LogP contribution in [0.15, 0.2) is 46.8 Å². The zero-order chi connectivity index (χ0) is 14.9. The summed E-state index contributed by atoms with van der Waals surface area (Å²) in [4.78, 5) is 5.52. The topological polar surface area (TPSA) is 45.7 Å². The molecule has 0 saturated carbocycles. The number of benzene rings is 1. The Hall–Kier alpha value is -1.28. The van der Waals surface area contributed by atoms with Gasteiger partial charge in [0.05, 0.1) is 13.7 Å². The Morgan fingerprint density at radius 3 is 2.68 bits per heavy atom. The molecule has 120 valence electrons. The van der Waals surface area contributed by atoms with Gasteiger partial charge in [-0.2, -0.15) is 0 Å². The zero-order valence-corrected chi connectivity index (χ0v) is 16.0. The molecule has 0 amide bonds. The van der Waals surface area contributed by atoms with Crippen LogP contribution in [0, 0.1) is 0 Å². The number of ether oxygens (including phenoxy) is 1. The van der Waals surface area contributed by atoms with E-state index in [0.29, 0.717) is 0 Å². The molecular weight excluding hydrogens is 409 g/mol. The number of nitrogens with zero attached hydrogens (tertiary/aromatic N) is 1. The smallest absolute Gasteiger partial charge is 0.191 e. The third-order valence-corrected chi connectivity index (χ3v) is 3.99. The van der Waals surface area contributed by atoms with Gasteiger partial charge in [-0.1, -0.05) is 24.3 Å². The summed E-state index contributed by atoms with van der Waals surface area (Å²) in [5.41, 5.74) is 1.20. The molecule has 0 aliphatic carbocycles. The van der Waals surface area contributed by atoms with E-state index in [2.05, 4.69) is 39.2 Å². The normalized spacial score (nSPS) is 10.7. The van der Waals surface area contributed by atoms with Crippen LogP contribution in [0.5, 0.6) is 5.75 Å². The van der Waals surface area contributed by atoms with E-state index in [1.165, 1.54) is 10.4 Å². The van der Waals surface area contributed by atoms with Crippen molar-refractivity contribution in [2.75, 3.05) is 20.7 Å². The molecule has 0 saturated heterocycles. The van der Waals surface area contributed by atoms with Crippen LogP contribution < -0.4 is 15.4 Å². The van der Waals surface area contributed by atoms with Crippen molar-refractivity contribution >= 4 is 41.3 Å². The van der Waals surface area contributed by atoms with Crippen molar-refractivity contribution in [3.05, 3.63) is 52.2 Å². The van der Waals surface area contributed by atoms with Gasteiger partial charge in [-0.25, -0.2) is 0 Å². The van der Waals surface area contributed by atoms with Crippen molar-refractivity contribution in [1.82, 2.24) is 10.6 Å². The number of thiophene rings is 1. The van der Waals surface area contributed by atoms with Crippen molar-refractivity contribution in [3.8, 4) is 5.75 Å². The second-order valence-corrected chi connectivity index (χ2v) is 5.53. The molecule has 0 unspecified atom stereocenters. The fourth-order valence-corrected chi connectivity index (χ4v) is 2.67. The van der Waals surface area contributed by atoms with E-state index in [4.69, 9.17) is 4.74 Å². The minimum absolute atomic E-state index is 0. The maximum Gasteiger partial charge on any atom is 0.191 e. The second kappa shape index (κ2) is 10.4. The Bertz CT molecular complexity index is 573. The summed E-state index contributed by atoms with van der Waals surface area (Å²) in [7, 11) is 3.49. The highest BCUT2D eigenvalue weighted by Crippen LogP contribution is 2.17. The predicted molar refractivity (Wildman–Crippen MR) is 105 cm³/mol. The molecule has 6 heteroatoms. The minimum atomic E-state index is 0. The second-order valence-electron chi connectivity index (χ2n) is 4.49. The molecule has 0 radical (unpaired) electrons. The highest BCUT2D eigenvalue weighted by atomic mass is 127. The standard InChI is InChI=1S/C16H21N3OS.HI/c1-17-16(19-12-14-7-5-11-21-14)18-10-9-13-6-3-4-8-15(13)20-2;/h3-8,11H,9-10,12H2,1-2H3,(H2,17,18,19);1H. The van der Waals surface area contributed by atoms with Gasteiger partial charge in [-0.3, -0.25) is 4.99 Å². The molecule has 22 heavy (non-hydrogen) atoms. The van der Waals surface area contributed by atoms with Crippen molar-refractivity contribution < 1.29 is 4.74 Å². The lowest BCUT2D eigenvalue weighted by Crippen LogP contribution is -2.37. The predicted octanol–water partition coefficient (Wildman–Crippen LogP) is 3.28.